The summed E-state index contributed by atoms with van der Waals surface area (Å²) in [5.74, 6) is -0.150. The zero-order valence-electron chi connectivity index (χ0n) is 16.4. The zero-order chi connectivity index (χ0) is 20.1. The number of rotatable bonds is 6. The third-order valence-corrected chi connectivity index (χ3v) is 5.64. The van der Waals surface area contributed by atoms with E-state index in [0.29, 0.717) is 23.6 Å². The molecule has 4 nitrogen and oxygen atoms in total. The number of halogens is 1. The summed E-state index contributed by atoms with van der Waals surface area (Å²) >= 11 is 6.10. The molecule has 2 N–H and O–H groups in total. The summed E-state index contributed by atoms with van der Waals surface area (Å²) in [5.41, 5.74) is 4.19. The van der Waals surface area contributed by atoms with E-state index in [1.54, 1.807) is 6.07 Å². The molecule has 1 aliphatic rings. The summed E-state index contributed by atoms with van der Waals surface area (Å²) in [6.07, 6.45) is 3.74. The molecule has 2 aromatic carbocycles. The molecular weight excluding hydrogens is 372 g/mol. The van der Waals surface area contributed by atoms with Gasteiger partial charge in [0.2, 0.25) is 11.8 Å². The summed E-state index contributed by atoms with van der Waals surface area (Å²) < 4.78 is 0. The van der Waals surface area contributed by atoms with Crippen molar-refractivity contribution >= 4 is 29.1 Å². The molecule has 0 fully saturated rings. The Morgan fingerprint density at radius 3 is 2.68 bits per heavy atom. The lowest BCUT2D eigenvalue weighted by atomic mass is 9.87. The van der Waals surface area contributed by atoms with E-state index in [0.717, 1.165) is 24.8 Å². The van der Waals surface area contributed by atoms with Gasteiger partial charge in [0.1, 0.15) is 0 Å². The Kier molecular flexibility index (Phi) is 6.74. The molecule has 5 heteroatoms. The van der Waals surface area contributed by atoms with Gasteiger partial charge >= 0.3 is 0 Å². The Labute approximate surface area is 171 Å². The van der Waals surface area contributed by atoms with Crippen molar-refractivity contribution in [2.45, 2.75) is 52.0 Å². The molecule has 1 aliphatic carbocycles. The van der Waals surface area contributed by atoms with Crippen molar-refractivity contribution in [3.8, 4) is 0 Å². The van der Waals surface area contributed by atoms with E-state index < -0.39 is 0 Å². The highest BCUT2D eigenvalue weighted by molar-refractivity contribution is 6.31. The van der Waals surface area contributed by atoms with Crippen molar-refractivity contribution in [3.63, 3.8) is 0 Å². The molecular formula is C23H27ClN2O2. The first-order valence-corrected chi connectivity index (χ1v) is 10.2. The van der Waals surface area contributed by atoms with Crippen LogP contribution >= 0.6 is 11.6 Å². The predicted octanol–water partition coefficient (Wildman–Crippen LogP) is 5.20. The van der Waals surface area contributed by atoms with E-state index in [1.807, 2.05) is 38.1 Å². The van der Waals surface area contributed by atoms with E-state index in [2.05, 4.69) is 22.8 Å². The summed E-state index contributed by atoms with van der Waals surface area (Å²) in [7, 11) is 0. The highest BCUT2D eigenvalue weighted by atomic mass is 35.5. The van der Waals surface area contributed by atoms with Crippen LogP contribution in [-0.4, -0.2) is 11.8 Å². The second kappa shape index (κ2) is 9.24. The maximum atomic E-state index is 12.5. The van der Waals surface area contributed by atoms with E-state index in [9.17, 15) is 9.59 Å². The van der Waals surface area contributed by atoms with Crippen LogP contribution < -0.4 is 10.6 Å². The fourth-order valence-electron chi connectivity index (χ4n) is 3.74. The maximum absolute atomic E-state index is 12.5. The minimum atomic E-state index is -0.108. The van der Waals surface area contributed by atoms with E-state index in [-0.39, 0.29) is 23.8 Å². The molecule has 0 aromatic heterocycles. The first kappa shape index (κ1) is 20.4. The molecule has 148 valence electrons. The SMILES string of the molecule is Cc1ccc(NC(=O)C[C@H](C)CC(=O)N[C@H]2CCCc3ccccc32)cc1Cl. The molecule has 0 heterocycles. The van der Waals surface area contributed by atoms with Gasteiger partial charge in [0.25, 0.3) is 0 Å². The molecule has 0 unspecified atom stereocenters. The van der Waals surface area contributed by atoms with Gasteiger partial charge in [0, 0.05) is 23.6 Å². The molecule has 0 aliphatic heterocycles. The topological polar surface area (TPSA) is 58.2 Å². The molecule has 0 radical (unpaired) electrons. The number of hydrogen-bond donors (Lipinski definition) is 2. The van der Waals surface area contributed by atoms with Crippen LogP contribution in [-0.2, 0) is 16.0 Å². The largest absolute Gasteiger partial charge is 0.349 e. The standard InChI is InChI=1S/C23H27ClN2O2/c1-15(12-22(27)25-18-11-10-16(2)20(24)14-18)13-23(28)26-21-9-5-7-17-6-3-4-8-19(17)21/h3-4,6,8,10-11,14-15,21H,5,7,9,12-13H2,1-2H3,(H,25,27)(H,26,28)/t15-,21-/m0/s1. The summed E-state index contributed by atoms with van der Waals surface area (Å²) in [6, 6.07) is 13.8. The highest BCUT2D eigenvalue weighted by Gasteiger charge is 2.22. The first-order chi connectivity index (χ1) is 13.4. The first-order valence-electron chi connectivity index (χ1n) is 9.85. The van der Waals surface area contributed by atoms with Gasteiger partial charge in [-0.05, 0) is 60.9 Å². The molecule has 2 amide bonds. The number of benzene rings is 2. The minimum Gasteiger partial charge on any atom is -0.349 e. The van der Waals surface area contributed by atoms with Gasteiger partial charge in [-0.1, -0.05) is 48.9 Å². The Hall–Kier alpha value is -2.33. The smallest absolute Gasteiger partial charge is 0.224 e. The quantitative estimate of drug-likeness (QED) is 0.702. The predicted molar refractivity (Wildman–Crippen MR) is 113 cm³/mol. The number of carbonyl (C=O) groups excluding carboxylic acids is 2. The van der Waals surface area contributed by atoms with Crippen LogP contribution in [0, 0.1) is 12.8 Å². The second-order valence-corrected chi connectivity index (χ2v) is 8.14. The van der Waals surface area contributed by atoms with Crippen LogP contribution in [0.25, 0.3) is 0 Å². The second-order valence-electron chi connectivity index (χ2n) is 7.74. The lowest BCUT2D eigenvalue weighted by molar-refractivity contribution is -0.123. The van der Waals surface area contributed by atoms with Gasteiger partial charge in [0.15, 0.2) is 0 Å². The normalized spacial score (nSPS) is 16.8. The summed E-state index contributed by atoms with van der Waals surface area (Å²) in [6.45, 7) is 3.84. The summed E-state index contributed by atoms with van der Waals surface area (Å²) in [5, 5.41) is 6.63. The number of hydrogen-bond acceptors (Lipinski definition) is 2. The molecule has 2 atom stereocenters. The Bertz CT molecular complexity index is 865. The van der Waals surface area contributed by atoms with Crippen molar-refractivity contribution in [2.24, 2.45) is 5.92 Å². The van der Waals surface area contributed by atoms with Crippen LogP contribution in [0.2, 0.25) is 5.02 Å². The van der Waals surface area contributed by atoms with Gasteiger partial charge in [0.05, 0.1) is 6.04 Å². The van der Waals surface area contributed by atoms with E-state index in [1.165, 1.54) is 11.1 Å². The third-order valence-electron chi connectivity index (χ3n) is 5.23. The molecule has 0 spiro atoms. The highest BCUT2D eigenvalue weighted by Crippen LogP contribution is 2.29. The maximum Gasteiger partial charge on any atom is 0.224 e. The van der Waals surface area contributed by atoms with Crippen LogP contribution in [0.3, 0.4) is 0 Å². The number of amides is 2. The van der Waals surface area contributed by atoms with Gasteiger partial charge in [-0.15, -0.1) is 0 Å². The monoisotopic (exact) mass is 398 g/mol. The third kappa shape index (κ3) is 5.35. The molecule has 0 saturated heterocycles. The van der Waals surface area contributed by atoms with Crippen molar-refractivity contribution in [1.29, 1.82) is 0 Å². The van der Waals surface area contributed by atoms with Crippen LogP contribution in [0.5, 0.6) is 0 Å². The lowest BCUT2D eigenvalue weighted by Crippen LogP contribution is -2.32. The minimum absolute atomic E-state index is 0.000355. The molecule has 2 aromatic rings. The fourth-order valence-corrected chi connectivity index (χ4v) is 3.93. The average Bonchev–Trinajstić information content (AvgIpc) is 2.64. The Morgan fingerprint density at radius 2 is 1.89 bits per heavy atom. The average molecular weight is 399 g/mol. The van der Waals surface area contributed by atoms with Gasteiger partial charge in [-0.3, -0.25) is 9.59 Å². The van der Waals surface area contributed by atoms with Crippen LogP contribution in [0.4, 0.5) is 5.69 Å². The number of aryl methyl sites for hydroxylation is 2. The lowest BCUT2D eigenvalue weighted by Gasteiger charge is -2.26. The van der Waals surface area contributed by atoms with Gasteiger partial charge in [-0.25, -0.2) is 0 Å². The van der Waals surface area contributed by atoms with Crippen molar-refractivity contribution < 1.29 is 9.59 Å². The van der Waals surface area contributed by atoms with Gasteiger partial charge in [-0.2, -0.15) is 0 Å². The Morgan fingerprint density at radius 1 is 1.14 bits per heavy atom. The van der Waals surface area contributed by atoms with Gasteiger partial charge < -0.3 is 10.6 Å². The summed E-state index contributed by atoms with van der Waals surface area (Å²) in [4.78, 5) is 24.8. The zero-order valence-corrected chi connectivity index (χ0v) is 17.2. The number of fused-ring (bicyclic) bond motifs is 1. The molecule has 0 saturated carbocycles. The van der Waals surface area contributed by atoms with Crippen molar-refractivity contribution in [3.05, 3.63) is 64.2 Å². The van der Waals surface area contributed by atoms with Crippen molar-refractivity contribution in [1.82, 2.24) is 5.32 Å². The number of carbonyl (C=O) groups is 2. The number of anilines is 1. The fraction of sp³-hybridized carbons (Fsp3) is 0.391. The molecule has 3 rings (SSSR count). The van der Waals surface area contributed by atoms with Crippen LogP contribution in [0.15, 0.2) is 42.5 Å². The van der Waals surface area contributed by atoms with Crippen molar-refractivity contribution in [2.75, 3.05) is 5.32 Å². The van der Waals surface area contributed by atoms with E-state index in [4.69, 9.17) is 11.6 Å². The number of nitrogens with one attached hydrogen (secondary N) is 2. The molecule has 28 heavy (non-hydrogen) atoms. The van der Waals surface area contributed by atoms with Crippen LogP contribution in [0.1, 0.15) is 55.3 Å². The van der Waals surface area contributed by atoms with E-state index >= 15 is 0 Å². The Balaban J connectivity index is 1.49. The molecule has 0 bridgehead atoms.